The summed E-state index contributed by atoms with van der Waals surface area (Å²) in [5.41, 5.74) is 2.37. The van der Waals surface area contributed by atoms with Gasteiger partial charge in [-0.25, -0.2) is 8.42 Å². The maximum Gasteiger partial charge on any atom is 0.243 e. The molecule has 5 heteroatoms. The zero-order valence-corrected chi connectivity index (χ0v) is 14.1. The molecule has 2 aromatic carbocycles. The number of hydrogen-bond donors (Lipinski definition) is 0. The topological polar surface area (TPSA) is 37.4 Å². The van der Waals surface area contributed by atoms with E-state index >= 15 is 0 Å². The van der Waals surface area contributed by atoms with E-state index in [4.69, 9.17) is 0 Å². The molecular weight excluding hydrogens is 350 g/mol. The van der Waals surface area contributed by atoms with Crippen molar-refractivity contribution in [1.29, 1.82) is 0 Å². The first kappa shape index (κ1) is 14.8. The summed E-state index contributed by atoms with van der Waals surface area (Å²) in [5.74, 6) is 0. The summed E-state index contributed by atoms with van der Waals surface area (Å²) < 4.78 is 27.8. The van der Waals surface area contributed by atoms with E-state index in [1.807, 2.05) is 24.3 Å². The summed E-state index contributed by atoms with van der Waals surface area (Å²) in [6, 6.07) is 14.8. The molecule has 3 nitrogen and oxygen atoms in total. The minimum absolute atomic E-state index is 0.0785. The summed E-state index contributed by atoms with van der Waals surface area (Å²) in [6.45, 7) is 0. The number of fused-ring (bicyclic) bond motifs is 1. The molecule has 1 aliphatic rings. The Balaban J connectivity index is 1.97. The molecule has 0 fully saturated rings. The average Bonchev–Trinajstić information content (AvgIpc) is 2.90. The van der Waals surface area contributed by atoms with Crippen molar-refractivity contribution in [2.24, 2.45) is 0 Å². The van der Waals surface area contributed by atoms with Crippen molar-refractivity contribution in [2.75, 3.05) is 7.05 Å². The van der Waals surface area contributed by atoms with Crippen molar-refractivity contribution in [3.63, 3.8) is 0 Å². The predicted octanol–water partition coefficient (Wildman–Crippen LogP) is 3.76. The van der Waals surface area contributed by atoms with Crippen LogP contribution in [0.4, 0.5) is 0 Å². The molecule has 0 aromatic heterocycles. The number of sulfonamides is 1. The van der Waals surface area contributed by atoms with Gasteiger partial charge in [0.1, 0.15) is 0 Å². The molecule has 0 amide bonds. The van der Waals surface area contributed by atoms with E-state index in [-0.39, 0.29) is 6.04 Å². The standard InChI is InChI=1S/C16H16BrNO2S/c1-18(16-10-9-12-5-2-3-8-15(12)16)21(19,20)14-7-4-6-13(17)11-14/h2-8,11,16H,9-10H2,1H3. The van der Waals surface area contributed by atoms with Crippen LogP contribution in [0, 0.1) is 0 Å². The van der Waals surface area contributed by atoms with Crippen molar-refractivity contribution in [3.8, 4) is 0 Å². The Labute approximate surface area is 133 Å². The largest absolute Gasteiger partial charge is 0.243 e. The fraction of sp³-hybridized carbons (Fsp3) is 0.250. The van der Waals surface area contributed by atoms with Crippen LogP contribution in [0.5, 0.6) is 0 Å². The lowest BCUT2D eigenvalue weighted by Crippen LogP contribution is -2.30. The van der Waals surface area contributed by atoms with Crippen LogP contribution in [-0.2, 0) is 16.4 Å². The fourth-order valence-corrected chi connectivity index (χ4v) is 4.84. The van der Waals surface area contributed by atoms with Gasteiger partial charge < -0.3 is 0 Å². The highest BCUT2D eigenvalue weighted by atomic mass is 79.9. The lowest BCUT2D eigenvalue weighted by atomic mass is 10.1. The van der Waals surface area contributed by atoms with Crippen LogP contribution in [0.3, 0.4) is 0 Å². The first-order valence-corrected chi connectivity index (χ1v) is 9.05. The number of aryl methyl sites for hydroxylation is 1. The lowest BCUT2D eigenvalue weighted by Gasteiger charge is -2.25. The zero-order valence-electron chi connectivity index (χ0n) is 11.7. The zero-order chi connectivity index (χ0) is 15.0. The molecule has 3 rings (SSSR count). The Bertz CT molecular complexity index is 773. The van der Waals surface area contributed by atoms with E-state index in [0.717, 1.165) is 22.9 Å². The highest BCUT2D eigenvalue weighted by Gasteiger charge is 2.33. The smallest absolute Gasteiger partial charge is 0.207 e. The van der Waals surface area contributed by atoms with Gasteiger partial charge in [-0.05, 0) is 42.2 Å². The predicted molar refractivity (Wildman–Crippen MR) is 86.6 cm³/mol. The van der Waals surface area contributed by atoms with Gasteiger partial charge in [0.05, 0.1) is 10.9 Å². The number of halogens is 1. The van der Waals surface area contributed by atoms with Gasteiger partial charge >= 0.3 is 0 Å². The van der Waals surface area contributed by atoms with E-state index in [1.54, 1.807) is 25.2 Å². The molecule has 0 spiro atoms. The van der Waals surface area contributed by atoms with Crippen LogP contribution in [0.15, 0.2) is 57.9 Å². The van der Waals surface area contributed by atoms with Crippen molar-refractivity contribution in [3.05, 3.63) is 64.1 Å². The van der Waals surface area contributed by atoms with E-state index in [1.165, 1.54) is 9.87 Å². The molecule has 1 atom stereocenters. The van der Waals surface area contributed by atoms with Gasteiger partial charge in [-0.1, -0.05) is 46.3 Å². The van der Waals surface area contributed by atoms with E-state index < -0.39 is 10.0 Å². The van der Waals surface area contributed by atoms with Crippen LogP contribution in [0.25, 0.3) is 0 Å². The van der Waals surface area contributed by atoms with E-state index in [0.29, 0.717) is 4.90 Å². The van der Waals surface area contributed by atoms with Gasteiger partial charge in [0.2, 0.25) is 10.0 Å². The molecule has 1 aliphatic carbocycles. The quantitative estimate of drug-likeness (QED) is 0.830. The Morgan fingerprint density at radius 2 is 1.90 bits per heavy atom. The molecule has 0 bridgehead atoms. The summed E-state index contributed by atoms with van der Waals surface area (Å²) in [7, 11) is -1.81. The molecular formula is C16H16BrNO2S. The Morgan fingerprint density at radius 3 is 2.67 bits per heavy atom. The minimum atomic E-state index is -3.48. The highest BCUT2D eigenvalue weighted by molar-refractivity contribution is 9.10. The number of nitrogens with zero attached hydrogens (tertiary/aromatic N) is 1. The molecule has 0 saturated heterocycles. The van der Waals surface area contributed by atoms with Crippen molar-refractivity contribution < 1.29 is 8.42 Å². The summed E-state index contributed by atoms with van der Waals surface area (Å²) in [6.07, 6.45) is 1.77. The molecule has 21 heavy (non-hydrogen) atoms. The third kappa shape index (κ3) is 2.65. The number of rotatable bonds is 3. The number of benzene rings is 2. The average molecular weight is 366 g/mol. The van der Waals surface area contributed by atoms with Gasteiger partial charge in [0, 0.05) is 11.5 Å². The molecule has 0 heterocycles. The maximum atomic E-state index is 12.8. The van der Waals surface area contributed by atoms with Gasteiger partial charge in [0.15, 0.2) is 0 Å². The molecule has 110 valence electrons. The first-order valence-electron chi connectivity index (χ1n) is 6.81. The van der Waals surface area contributed by atoms with Crippen molar-refractivity contribution in [2.45, 2.75) is 23.8 Å². The van der Waals surface area contributed by atoms with Crippen molar-refractivity contribution >= 4 is 26.0 Å². The fourth-order valence-electron chi connectivity index (χ4n) is 2.87. The minimum Gasteiger partial charge on any atom is -0.207 e. The van der Waals surface area contributed by atoms with Crippen LogP contribution in [0.2, 0.25) is 0 Å². The van der Waals surface area contributed by atoms with Gasteiger partial charge in [-0.2, -0.15) is 4.31 Å². The molecule has 0 saturated carbocycles. The maximum absolute atomic E-state index is 12.8. The Kier molecular flexibility index (Phi) is 3.90. The third-order valence-corrected chi connectivity index (χ3v) is 6.37. The SMILES string of the molecule is CN(C1CCc2ccccc21)S(=O)(=O)c1cccc(Br)c1. The Hall–Kier alpha value is -1.17. The van der Waals surface area contributed by atoms with Crippen molar-refractivity contribution in [1.82, 2.24) is 4.31 Å². The second-order valence-corrected chi connectivity index (χ2v) is 8.15. The van der Waals surface area contributed by atoms with E-state index in [2.05, 4.69) is 22.0 Å². The van der Waals surface area contributed by atoms with Gasteiger partial charge in [-0.3, -0.25) is 0 Å². The summed E-state index contributed by atoms with van der Waals surface area (Å²) >= 11 is 3.33. The Morgan fingerprint density at radius 1 is 1.14 bits per heavy atom. The monoisotopic (exact) mass is 365 g/mol. The normalized spacial score (nSPS) is 18.0. The molecule has 0 radical (unpaired) electrons. The van der Waals surface area contributed by atoms with Gasteiger partial charge in [0.25, 0.3) is 0 Å². The lowest BCUT2D eigenvalue weighted by molar-refractivity contribution is 0.374. The first-order chi connectivity index (χ1) is 10.00. The van der Waals surface area contributed by atoms with Crippen LogP contribution >= 0.6 is 15.9 Å². The molecule has 0 N–H and O–H groups in total. The summed E-state index contributed by atoms with van der Waals surface area (Å²) in [5, 5.41) is 0. The van der Waals surface area contributed by atoms with Gasteiger partial charge in [-0.15, -0.1) is 0 Å². The highest BCUT2D eigenvalue weighted by Crippen LogP contribution is 2.37. The van der Waals surface area contributed by atoms with Crippen LogP contribution in [0.1, 0.15) is 23.6 Å². The third-order valence-electron chi connectivity index (χ3n) is 4.01. The summed E-state index contributed by atoms with van der Waals surface area (Å²) in [4.78, 5) is 0.323. The van der Waals surface area contributed by atoms with Crippen LogP contribution in [-0.4, -0.2) is 19.8 Å². The molecule has 0 aliphatic heterocycles. The molecule has 1 unspecified atom stereocenters. The van der Waals surface area contributed by atoms with Crippen LogP contribution < -0.4 is 0 Å². The van der Waals surface area contributed by atoms with E-state index in [9.17, 15) is 8.42 Å². The second kappa shape index (κ2) is 5.55. The molecule has 2 aromatic rings. The number of hydrogen-bond acceptors (Lipinski definition) is 2. The second-order valence-electron chi connectivity index (χ2n) is 5.23.